The summed E-state index contributed by atoms with van der Waals surface area (Å²) in [4.78, 5) is 24.7. The minimum Gasteiger partial charge on any atom is -0.457 e. The summed E-state index contributed by atoms with van der Waals surface area (Å²) in [5.74, 6) is 1.25. The number of rotatable bonds is 8. The van der Waals surface area contributed by atoms with Crippen molar-refractivity contribution in [1.29, 1.82) is 0 Å². The number of hydrogen-bond donors (Lipinski definition) is 2. The molecule has 200 valence electrons. The Hall–Kier alpha value is -4.53. The largest absolute Gasteiger partial charge is 0.457 e. The van der Waals surface area contributed by atoms with Crippen LogP contribution < -0.4 is 35.9 Å². The molecule has 0 bridgehead atoms. The zero-order valence-electron chi connectivity index (χ0n) is 22.5. The molecule has 0 atom stereocenters. The minimum absolute atomic E-state index is 0.627. The summed E-state index contributed by atoms with van der Waals surface area (Å²) in [5.41, 5.74) is 0. The predicted octanol–water partition coefficient (Wildman–Crippen LogP) is 3.40. The number of ether oxygens (including phenoxy) is 1. The quantitative estimate of drug-likeness (QED) is 0.219. The van der Waals surface area contributed by atoms with E-state index in [9.17, 15) is 9.59 Å². The van der Waals surface area contributed by atoms with Crippen LogP contribution in [0, 0.1) is 0 Å². The molecule has 6 aromatic rings. The molecule has 0 unspecified atom stereocenters. The zero-order valence-corrected chi connectivity index (χ0v) is 24.5. The Kier molecular flexibility index (Phi) is 7.50. The van der Waals surface area contributed by atoms with E-state index in [0.717, 1.165) is 31.1 Å². The molecule has 0 radical (unpaired) electrons. The van der Waals surface area contributed by atoms with Gasteiger partial charge in [-0.3, -0.25) is 0 Å². The highest BCUT2D eigenvalue weighted by Gasteiger charge is 2.39. The van der Waals surface area contributed by atoms with Gasteiger partial charge in [0.1, 0.15) is 11.5 Å². The van der Waals surface area contributed by atoms with Crippen molar-refractivity contribution in [2.45, 2.75) is 0 Å². The predicted molar refractivity (Wildman–Crippen MR) is 172 cm³/mol. The molecule has 0 saturated carbocycles. The van der Waals surface area contributed by atoms with Gasteiger partial charge in [-0.15, -0.1) is 0 Å². The molecule has 3 nitrogen and oxygen atoms in total. The Balaban J connectivity index is 1.39. The van der Waals surface area contributed by atoms with Crippen molar-refractivity contribution in [3.05, 3.63) is 170 Å². The van der Waals surface area contributed by atoms with E-state index in [4.69, 9.17) is 4.74 Å². The Morgan fingerprint density at radius 2 is 0.585 bits per heavy atom. The molecule has 6 rings (SSSR count). The van der Waals surface area contributed by atoms with Gasteiger partial charge in [-0.25, -0.2) is 0 Å². The molecular formula is C36H30O3Si2. The first-order valence-electron chi connectivity index (χ1n) is 13.6. The molecule has 5 heteroatoms. The van der Waals surface area contributed by atoms with Gasteiger partial charge in [0.05, 0.1) is 0 Å². The maximum atomic E-state index is 12.4. The lowest BCUT2D eigenvalue weighted by molar-refractivity contribution is 0.483. The smallest absolute Gasteiger partial charge is 0.285 e. The summed E-state index contributed by atoms with van der Waals surface area (Å²) in [6.07, 6.45) is 0. The standard InChI is InChI=1S/C36H30O3Si2/c37-40(31-17-5-1-6-18-31,32-19-7-2-8-20-32)35-25-13-15-29(27-35)39-30-16-14-26-36(28-30)41(38,33-21-9-3-10-22-33)34-23-11-4-12-24-34/h1-28,37-38H. The Labute approximate surface area is 242 Å². The molecular weight excluding hydrogens is 537 g/mol. The average Bonchev–Trinajstić information content (AvgIpc) is 3.06. The second-order valence-electron chi connectivity index (χ2n) is 10.0. The lowest BCUT2D eigenvalue weighted by Crippen LogP contribution is -2.67. The van der Waals surface area contributed by atoms with Crippen molar-refractivity contribution in [2.24, 2.45) is 0 Å². The molecule has 0 amide bonds. The maximum absolute atomic E-state index is 12.4. The van der Waals surface area contributed by atoms with E-state index >= 15 is 0 Å². The van der Waals surface area contributed by atoms with Crippen molar-refractivity contribution < 1.29 is 14.3 Å². The van der Waals surface area contributed by atoms with Crippen molar-refractivity contribution in [3.8, 4) is 11.5 Å². The number of hydrogen-bond acceptors (Lipinski definition) is 3. The lowest BCUT2D eigenvalue weighted by Gasteiger charge is -2.28. The van der Waals surface area contributed by atoms with Gasteiger partial charge in [-0.05, 0) is 55.4 Å². The van der Waals surface area contributed by atoms with Crippen molar-refractivity contribution in [2.75, 3.05) is 0 Å². The van der Waals surface area contributed by atoms with E-state index in [1.807, 2.05) is 170 Å². The topological polar surface area (TPSA) is 49.7 Å². The Morgan fingerprint density at radius 1 is 0.317 bits per heavy atom. The van der Waals surface area contributed by atoms with E-state index in [1.165, 1.54) is 0 Å². The van der Waals surface area contributed by atoms with Gasteiger partial charge in [-0.2, -0.15) is 0 Å². The lowest BCUT2D eigenvalue weighted by atomic mass is 10.3. The molecule has 0 aliphatic carbocycles. The molecule has 0 aliphatic rings. The van der Waals surface area contributed by atoms with E-state index in [0.29, 0.717) is 11.5 Å². The second-order valence-corrected chi connectivity index (χ2v) is 16.3. The fourth-order valence-corrected chi connectivity index (χ4v) is 11.5. The maximum Gasteiger partial charge on any atom is 0.285 e. The summed E-state index contributed by atoms with van der Waals surface area (Å²) >= 11 is 0. The van der Waals surface area contributed by atoms with Crippen LogP contribution in [0.25, 0.3) is 0 Å². The van der Waals surface area contributed by atoms with Gasteiger partial charge < -0.3 is 14.3 Å². The van der Waals surface area contributed by atoms with Crippen LogP contribution in [-0.4, -0.2) is 26.2 Å². The van der Waals surface area contributed by atoms with Crippen molar-refractivity contribution >= 4 is 47.8 Å². The molecule has 6 aromatic carbocycles. The third-order valence-corrected chi connectivity index (χ3v) is 14.5. The van der Waals surface area contributed by atoms with Gasteiger partial charge >= 0.3 is 0 Å². The van der Waals surface area contributed by atoms with Crippen molar-refractivity contribution in [1.82, 2.24) is 0 Å². The van der Waals surface area contributed by atoms with Crippen LogP contribution >= 0.6 is 0 Å². The molecule has 0 heterocycles. The monoisotopic (exact) mass is 566 g/mol. The van der Waals surface area contributed by atoms with Gasteiger partial charge in [0.2, 0.25) is 0 Å². The van der Waals surface area contributed by atoms with E-state index in [1.54, 1.807) is 0 Å². The first-order valence-corrected chi connectivity index (χ1v) is 17.5. The van der Waals surface area contributed by atoms with Gasteiger partial charge in [0.25, 0.3) is 16.6 Å². The van der Waals surface area contributed by atoms with Crippen LogP contribution in [0.4, 0.5) is 0 Å². The Bertz CT molecular complexity index is 1520. The highest BCUT2D eigenvalue weighted by atomic mass is 28.4. The van der Waals surface area contributed by atoms with Crippen LogP contribution in [0.1, 0.15) is 0 Å². The van der Waals surface area contributed by atoms with Crippen LogP contribution in [0.2, 0.25) is 0 Å². The first kappa shape index (κ1) is 26.7. The minimum atomic E-state index is -3.27. The molecule has 2 N–H and O–H groups in total. The Morgan fingerprint density at radius 3 is 0.878 bits per heavy atom. The normalized spacial score (nSPS) is 11.7. The molecule has 0 aromatic heterocycles. The third kappa shape index (κ3) is 5.19. The molecule has 0 spiro atoms. The fraction of sp³-hybridized carbons (Fsp3) is 0. The highest BCUT2D eigenvalue weighted by molar-refractivity contribution is 7.06. The second kappa shape index (κ2) is 11.5. The molecule has 0 fully saturated rings. The average molecular weight is 567 g/mol. The fourth-order valence-electron chi connectivity index (χ4n) is 5.42. The van der Waals surface area contributed by atoms with Crippen LogP contribution in [0.3, 0.4) is 0 Å². The van der Waals surface area contributed by atoms with Crippen LogP contribution in [0.15, 0.2) is 170 Å². The van der Waals surface area contributed by atoms with Crippen LogP contribution in [0.5, 0.6) is 11.5 Å². The summed E-state index contributed by atoms with van der Waals surface area (Å²) in [7, 11) is -6.54. The van der Waals surface area contributed by atoms with Gasteiger partial charge in [-0.1, -0.05) is 146 Å². The van der Waals surface area contributed by atoms with Crippen LogP contribution in [-0.2, 0) is 0 Å². The molecule has 0 aliphatic heterocycles. The number of benzene rings is 6. The summed E-state index contributed by atoms with van der Waals surface area (Å²) in [5, 5.41) is 5.31. The summed E-state index contributed by atoms with van der Waals surface area (Å²) in [6.45, 7) is 0. The third-order valence-electron chi connectivity index (χ3n) is 7.51. The van der Waals surface area contributed by atoms with E-state index in [2.05, 4.69) is 0 Å². The summed E-state index contributed by atoms with van der Waals surface area (Å²) in [6, 6.07) is 55.0. The SMILES string of the molecule is O[Si](c1ccccc1)(c1ccccc1)c1cccc(Oc2cccc([Si](O)(c3ccccc3)c3ccccc3)c2)c1. The molecule has 0 saturated heterocycles. The van der Waals surface area contributed by atoms with Crippen molar-refractivity contribution in [3.63, 3.8) is 0 Å². The summed E-state index contributed by atoms with van der Waals surface area (Å²) < 4.78 is 6.42. The highest BCUT2D eigenvalue weighted by Crippen LogP contribution is 2.21. The molecule has 41 heavy (non-hydrogen) atoms. The zero-order chi connectivity index (χ0) is 28.1. The van der Waals surface area contributed by atoms with E-state index in [-0.39, 0.29) is 0 Å². The van der Waals surface area contributed by atoms with Gasteiger partial charge in [0.15, 0.2) is 0 Å². The first-order chi connectivity index (χ1) is 20.1. The van der Waals surface area contributed by atoms with E-state index < -0.39 is 16.6 Å². The van der Waals surface area contributed by atoms with Gasteiger partial charge in [0, 0.05) is 0 Å².